The quantitative estimate of drug-likeness (QED) is 0.595. The zero-order chi connectivity index (χ0) is 18.7. The van der Waals surface area contributed by atoms with Crippen LogP contribution in [0, 0.1) is 0 Å². The van der Waals surface area contributed by atoms with E-state index in [9.17, 15) is 14.4 Å². The number of nitrogens with one attached hydrogen (secondary N) is 1. The van der Waals surface area contributed by atoms with E-state index in [4.69, 9.17) is 9.47 Å². The largest absolute Gasteiger partial charge is 0.497 e. The van der Waals surface area contributed by atoms with Gasteiger partial charge in [-0.25, -0.2) is 4.79 Å². The van der Waals surface area contributed by atoms with Gasteiger partial charge in [0.05, 0.1) is 12.7 Å². The van der Waals surface area contributed by atoms with Gasteiger partial charge in [0, 0.05) is 22.1 Å². The predicted octanol–water partition coefficient (Wildman–Crippen LogP) is 3.38. The smallest absolute Gasteiger partial charge is 0.339 e. The number of hydrogen-bond donors (Lipinski definition) is 1. The van der Waals surface area contributed by atoms with E-state index < -0.39 is 5.97 Å². The molecule has 3 rings (SSSR count). The fourth-order valence-electron chi connectivity index (χ4n) is 2.64. The van der Waals surface area contributed by atoms with Crippen LogP contribution < -0.4 is 10.1 Å². The van der Waals surface area contributed by atoms with Crippen LogP contribution in [-0.2, 0) is 16.0 Å². The number of Topliss-reactive ketones (excluding diaryl/α,β-unsaturated/α-hetero) is 1. The molecule has 0 fully saturated rings. The molecule has 1 heterocycles. The van der Waals surface area contributed by atoms with Crippen LogP contribution in [0.5, 0.6) is 5.75 Å². The number of amides is 1. The molecule has 1 amide bonds. The van der Waals surface area contributed by atoms with Crippen LogP contribution in [0.3, 0.4) is 0 Å². The summed E-state index contributed by atoms with van der Waals surface area (Å²) >= 11 is 3.28. The molecule has 26 heavy (non-hydrogen) atoms. The molecule has 0 aromatic heterocycles. The Labute approximate surface area is 158 Å². The van der Waals surface area contributed by atoms with E-state index in [1.807, 2.05) is 0 Å². The molecule has 0 bridgehead atoms. The van der Waals surface area contributed by atoms with Gasteiger partial charge in [-0.15, -0.1) is 0 Å². The summed E-state index contributed by atoms with van der Waals surface area (Å²) in [5.41, 5.74) is 2.34. The van der Waals surface area contributed by atoms with Gasteiger partial charge in [0.25, 0.3) is 0 Å². The molecule has 0 spiro atoms. The van der Waals surface area contributed by atoms with Crippen molar-refractivity contribution in [2.45, 2.75) is 12.8 Å². The lowest BCUT2D eigenvalue weighted by atomic mass is 9.99. The average molecular weight is 418 g/mol. The molecule has 134 valence electrons. The highest BCUT2D eigenvalue weighted by Crippen LogP contribution is 2.25. The van der Waals surface area contributed by atoms with Crippen LogP contribution >= 0.6 is 15.9 Å². The van der Waals surface area contributed by atoms with Crippen molar-refractivity contribution >= 4 is 39.3 Å². The molecule has 0 saturated heterocycles. The molecular formula is C19H16BrNO5. The number of hydrogen-bond acceptors (Lipinski definition) is 5. The second kappa shape index (κ2) is 7.70. The number of carbonyl (C=O) groups excluding carboxylic acids is 3. The van der Waals surface area contributed by atoms with Gasteiger partial charge < -0.3 is 14.8 Å². The van der Waals surface area contributed by atoms with Crippen molar-refractivity contribution in [1.82, 2.24) is 0 Å². The predicted molar refractivity (Wildman–Crippen MR) is 98.7 cm³/mol. The van der Waals surface area contributed by atoms with Crippen LogP contribution in [0.15, 0.2) is 40.9 Å². The maximum absolute atomic E-state index is 12.3. The van der Waals surface area contributed by atoms with Crippen molar-refractivity contribution in [3.8, 4) is 5.75 Å². The summed E-state index contributed by atoms with van der Waals surface area (Å²) in [4.78, 5) is 36.0. The number of esters is 1. The number of anilines is 1. The number of methoxy groups -OCH3 is 1. The van der Waals surface area contributed by atoms with E-state index >= 15 is 0 Å². The molecule has 0 radical (unpaired) electrons. The summed E-state index contributed by atoms with van der Waals surface area (Å²) in [6.45, 7) is -0.367. The Morgan fingerprint density at radius 3 is 2.73 bits per heavy atom. The van der Waals surface area contributed by atoms with Crippen LogP contribution in [0.25, 0.3) is 0 Å². The van der Waals surface area contributed by atoms with E-state index in [0.717, 1.165) is 11.3 Å². The van der Waals surface area contributed by atoms with Crippen LogP contribution in [-0.4, -0.2) is 31.4 Å². The Morgan fingerprint density at radius 2 is 1.96 bits per heavy atom. The number of fused-ring (bicyclic) bond motifs is 1. The monoisotopic (exact) mass is 417 g/mol. The molecule has 0 aliphatic carbocycles. The van der Waals surface area contributed by atoms with Crippen molar-refractivity contribution in [2.24, 2.45) is 0 Å². The number of halogens is 1. The van der Waals surface area contributed by atoms with Gasteiger partial charge in [0.15, 0.2) is 12.4 Å². The number of ketones is 1. The highest BCUT2D eigenvalue weighted by atomic mass is 79.9. The Bertz CT molecular complexity index is 893. The SMILES string of the molecule is COc1ccc(Br)c(C(=O)OCC(=O)c2ccc3c(c2)CCC(=O)N3)c1. The normalized spacial score (nSPS) is 12.8. The summed E-state index contributed by atoms with van der Waals surface area (Å²) < 4.78 is 10.8. The second-order valence-electron chi connectivity index (χ2n) is 5.77. The summed E-state index contributed by atoms with van der Waals surface area (Å²) in [5, 5.41) is 2.76. The van der Waals surface area contributed by atoms with E-state index in [1.54, 1.807) is 36.4 Å². The van der Waals surface area contributed by atoms with Gasteiger partial charge in [0.1, 0.15) is 5.75 Å². The van der Waals surface area contributed by atoms with Gasteiger partial charge in [-0.2, -0.15) is 0 Å². The summed E-state index contributed by atoms with van der Waals surface area (Å²) in [6.07, 6.45) is 0.975. The first-order valence-corrected chi connectivity index (χ1v) is 8.74. The first kappa shape index (κ1) is 18.1. The lowest BCUT2D eigenvalue weighted by molar-refractivity contribution is -0.116. The molecule has 1 aliphatic heterocycles. The number of aryl methyl sites for hydroxylation is 1. The third-order valence-corrected chi connectivity index (χ3v) is 4.74. The third-order valence-electron chi connectivity index (χ3n) is 4.05. The minimum Gasteiger partial charge on any atom is -0.497 e. The first-order valence-electron chi connectivity index (χ1n) is 7.94. The van der Waals surface area contributed by atoms with Crippen LogP contribution in [0.1, 0.15) is 32.7 Å². The molecule has 0 saturated carbocycles. The van der Waals surface area contributed by atoms with Crippen molar-refractivity contribution in [2.75, 3.05) is 19.0 Å². The minimum absolute atomic E-state index is 0.0330. The van der Waals surface area contributed by atoms with Crippen molar-refractivity contribution in [3.05, 3.63) is 57.6 Å². The fraction of sp³-hybridized carbons (Fsp3) is 0.211. The summed E-state index contributed by atoms with van der Waals surface area (Å²) in [5.74, 6) is -0.441. The number of benzene rings is 2. The first-order chi connectivity index (χ1) is 12.5. The third kappa shape index (κ3) is 3.94. The fourth-order valence-corrected chi connectivity index (χ4v) is 3.05. The zero-order valence-electron chi connectivity index (χ0n) is 14.0. The molecule has 2 aromatic rings. The Kier molecular flexibility index (Phi) is 5.37. The maximum atomic E-state index is 12.3. The molecule has 0 atom stereocenters. The van der Waals surface area contributed by atoms with Crippen molar-refractivity contribution < 1.29 is 23.9 Å². The van der Waals surface area contributed by atoms with Crippen LogP contribution in [0.2, 0.25) is 0 Å². The van der Waals surface area contributed by atoms with Gasteiger partial charge in [-0.1, -0.05) is 0 Å². The molecule has 7 heteroatoms. The van der Waals surface area contributed by atoms with E-state index in [-0.39, 0.29) is 23.9 Å². The second-order valence-corrected chi connectivity index (χ2v) is 6.62. The van der Waals surface area contributed by atoms with Crippen molar-refractivity contribution in [3.63, 3.8) is 0 Å². The molecule has 1 N–H and O–H groups in total. The Hall–Kier alpha value is -2.67. The molecule has 0 unspecified atom stereocenters. The maximum Gasteiger partial charge on any atom is 0.339 e. The number of ether oxygens (including phenoxy) is 2. The average Bonchev–Trinajstić information content (AvgIpc) is 2.65. The molecule has 2 aromatic carbocycles. The van der Waals surface area contributed by atoms with Gasteiger partial charge >= 0.3 is 5.97 Å². The number of rotatable bonds is 5. The molecule has 6 nitrogen and oxygen atoms in total. The molecule has 1 aliphatic rings. The lowest BCUT2D eigenvalue weighted by Crippen LogP contribution is -2.20. The highest BCUT2D eigenvalue weighted by Gasteiger charge is 2.19. The molecular weight excluding hydrogens is 402 g/mol. The minimum atomic E-state index is -0.616. The van der Waals surface area contributed by atoms with E-state index in [0.29, 0.717) is 28.6 Å². The van der Waals surface area contributed by atoms with E-state index in [2.05, 4.69) is 21.2 Å². The summed E-state index contributed by atoms with van der Waals surface area (Å²) in [7, 11) is 1.50. The van der Waals surface area contributed by atoms with Gasteiger partial charge in [0.2, 0.25) is 5.91 Å². The van der Waals surface area contributed by atoms with Crippen LogP contribution in [0.4, 0.5) is 5.69 Å². The standard InChI is InChI=1S/C19H16BrNO5/c1-25-13-4-5-15(20)14(9-13)19(24)26-10-17(22)12-2-6-16-11(8-12)3-7-18(23)21-16/h2,4-6,8-9H,3,7,10H2,1H3,(H,21,23). The highest BCUT2D eigenvalue weighted by molar-refractivity contribution is 9.10. The lowest BCUT2D eigenvalue weighted by Gasteiger charge is -2.17. The zero-order valence-corrected chi connectivity index (χ0v) is 15.6. The van der Waals surface area contributed by atoms with E-state index in [1.165, 1.54) is 7.11 Å². The summed E-state index contributed by atoms with van der Waals surface area (Å²) in [6, 6.07) is 9.96. The van der Waals surface area contributed by atoms with Gasteiger partial charge in [-0.05, 0) is 64.3 Å². The van der Waals surface area contributed by atoms with Gasteiger partial charge in [-0.3, -0.25) is 9.59 Å². The Morgan fingerprint density at radius 1 is 1.15 bits per heavy atom. The van der Waals surface area contributed by atoms with Crippen molar-refractivity contribution in [1.29, 1.82) is 0 Å². The number of carbonyl (C=O) groups is 3. The topological polar surface area (TPSA) is 81.7 Å². The Balaban J connectivity index is 1.67.